The maximum Gasteiger partial charge on any atom is 0.243 e. The minimum absolute atomic E-state index is 0.0353. The van der Waals surface area contributed by atoms with Gasteiger partial charge in [0, 0.05) is 24.7 Å². The van der Waals surface area contributed by atoms with Crippen molar-refractivity contribution in [2.75, 3.05) is 30.1 Å². The van der Waals surface area contributed by atoms with Crippen LogP contribution >= 0.6 is 0 Å². The summed E-state index contributed by atoms with van der Waals surface area (Å²) >= 11 is 0. The highest BCUT2D eigenvalue weighted by Gasteiger charge is 2.13. The molecule has 0 fully saturated rings. The summed E-state index contributed by atoms with van der Waals surface area (Å²) in [7, 11) is -1.27. The van der Waals surface area contributed by atoms with Gasteiger partial charge < -0.3 is 10.2 Å². The Kier molecular flexibility index (Phi) is 5.62. The molecule has 0 atom stereocenters. The van der Waals surface area contributed by atoms with Crippen LogP contribution in [0.4, 0.5) is 11.4 Å². The van der Waals surface area contributed by atoms with Gasteiger partial charge in [-0.15, -0.1) is 0 Å². The Morgan fingerprint density at radius 2 is 1.75 bits per heavy atom. The summed E-state index contributed by atoms with van der Waals surface area (Å²) < 4.78 is 23.0. The lowest BCUT2D eigenvalue weighted by Crippen LogP contribution is -2.30. The van der Waals surface area contributed by atoms with Crippen LogP contribution in [0.25, 0.3) is 0 Å². The van der Waals surface area contributed by atoms with Crippen LogP contribution in [0, 0.1) is 6.92 Å². The van der Waals surface area contributed by atoms with E-state index >= 15 is 0 Å². The number of hydrogen-bond acceptors (Lipinski definition) is 4. The number of carbonyl (C=O) groups is 1. The number of carbonyl (C=O) groups excluding carboxylic acids is 1. The molecule has 1 amide bonds. The predicted octanol–water partition coefficient (Wildman–Crippen LogP) is 2.61. The number of rotatable bonds is 6. The van der Waals surface area contributed by atoms with Gasteiger partial charge in [-0.25, -0.2) is 8.42 Å². The summed E-state index contributed by atoms with van der Waals surface area (Å²) in [6, 6.07) is 14.9. The van der Waals surface area contributed by atoms with Crippen molar-refractivity contribution in [2.45, 2.75) is 12.7 Å². The van der Waals surface area contributed by atoms with Gasteiger partial charge in [-0.1, -0.05) is 30.3 Å². The molecular weight excluding hydrogens is 324 g/mol. The molecule has 5 nitrogen and oxygen atoms in total. The van der Waals surface area contributed by atoms with Crippen LogP contribution in [0.5, 0.6) is 0 Å². The van der Waals surface area contributed by atoms with Crippen molar-refractivity contribution in [3.63, 3.8) is 0 Å². The maximum atomic E-state index is 12.3. The van der Waals surface area contributed by atoms with Gasteiger partial charge in [0.2, 0.25) is 5.91 Å². The van der Waals surface area contributed by atoms with Gasteiger partial charge in [0.25, 0.3) is 0 Å². The maximum absolute atomic E-state index is 12.3. The van der Waals surface area contributed by atoms with Crippen molar-refractivity contribution < 1.29 is 13.2 Å². The minimum atomic E-state index is -3.12. The normalized spacial score (nSPS) is 11.1. The zero-order chi connectivity index (χ0) is 17.7. The summed E-state index contributed by atoms with van der Waals surface area (Å²) in [4.78, 5) is 14.1. The van der Waals surface area contributed by atoms with Gasteiger partial charge in [0.05, 0.1) is 12.3 Å². The molecule has 24 heavy (non-hydrogen) atoms. The molecule has 0 saturated carbocycles. The van der Waals surface area contributed by atoms with E-state index < -0.39 is 9.84 Å². The predicted molar refractivity (Wildman–Crippen MR) is 98.1 cm³/mol. The van der Waals surface area contributed by atoms with Crippen molar-refractivity contribution in [3.8, 4) is 0 Å². The third-order valence-electron chi connectivity index (χ3n) is 3.72. The number of amides is 1. The average Bonchev–Trinajstić information content (AvgIpc) is 2.51. The Bertz CT molecular complexity index is 817. The molecule has 0 bridgehead atoms. The Morgan fingerprint density at radius 3 is 2.38 bits per heavy atom. The second-order valence-electron chi connectivity index (χ2n) is 5.90. The van der Waals surface area contributed by atoms with E-state index in [0.717, 1.165) is 11.3 Å². The lowest BCUT2D eigenvalue weighted by Gasteiger charge is -2.19. The van der Waals surface area contributed by atoms with E-state index in [1.807, 2.05) is 49.2 Å². The summed E-state index contributed by atoms with van der Waals surface area (Å²) in [5, 5.41) is 2.86. The monoisotopic (exact) mass is 346 g/mol. The number of para-hydroxylation sites is 1. The van der Waals surface area contributed by atoms with Crippen LogP contribution in [-0.4, -0.2) is 34.2 Å². The zero-order valence-corrected chi connectivity index (χ0v) is 14.9. The Labute approximate surface area is 143 Å². The highest BCUT2D eigenvalue weighted by Crippen LogP contribution is 2.21. The molecule has 0 aliphatic carbocycles. The first-order chi connectivity index (χ1) is 11.3. The van der Waals surface area contributed by atoms with Crippen LogP contribution in [0.15, 0.2) is 48.5 Å². The van der Waals surface area contributed by atoms with E-state index in [4.69, 9.17) is 0 Å². The number of nitrogens with zero attached hydrogens (tertiary/aromatic N) is 1. The second-order valence-corrected chi connectivity index (χ2v) is 8.04. The molecule has 6 heteroatoms. The van der Waals surface area contributed by atoms with Crippen molar-refractivity contribution in [3.05, 3.63) is 59.7 Å². The average molecular weight is 346 g/mol. The number of nitrogens with one attached hydrogen (secondary N) is 1. The fourth-order valence-corrected chi connectivity index (χ4v) is 3.31. The van der Waals surface area contributed by atoms with Gasteiger partial charge in [-0.05, 0) is 36.2 Å². The quantitative estimate of drug-likeness (QED) is 0.873. The van der Waals surface area contributed by atoms with Crippen LogP contribution in [-0.2, 0) is 20.4 Å². The fraction of sp³-hybridized carbons (Fsp3) is 0.278. The topological polar surface area (TPSA) is 66.5 Å². The minimum Gasteiger partial charge on any atom is -0.365 e. The van der Waals surface area contributed by atoms with E-state index in [9.17, 15) is 13.2 Å². The van der Waals surface area contributed by atoms with E-state index in [1.165, 1.54) is 6.26 Å². The first kappa shape index (κ1) is 18.0. The van der Waals surface area contributed by atoms with E-state index in [0.29, 0.717) is 11.3 Å². The van der Waals surface area contributed by atoms with Crippen molar-refractivity contribution in [1.29, 1.82) is 0 Å². The van der Waals surface area contributed by atoms with E-state index in [1.54, 1.807) is 18.2 Å². The van der Waals surface area contributed by atoms with Gasteiger partial charge in [-0.2, -0.15) is 0 Å². The van der Waals surface area contributed by atoms with Crippen molar-refractivity contribution in [1.82, 2.24) is 0 Å². The summed E-state index contributed by atoms with van der Waals surface area (Å²) in [5.74, 6) is -0.187. The van der Waals surface area contributed by atoms with Crippen LogP contribution in [0.1, 0.15) is 11.1 Å². The van der Waals surface area contributed by atoms with E-state index in [-0.39, 0.29) is 18.2 Å². The Balaban J connectivity index is 2.08. The smallest absolute Gasteiger partial charge is 0.243 e. The zero-order valence-electron chi connectivity index (χ0n) is 14.1. The summed E-state index contributed by atoms with van der Waals surface area (Å²) in [5.41, 5.74) is 3.07. The molecule has 0 aliphatic rings. The number of likely N-dealkylation sites (N-methyl/N-ethyl adjacent to an activating group) is 1. The molecule has 0 saturated heterocycles. The molecule has 1 N–H and O–H groups in total. The number of benzene rings is 2. The molecule has 0 unspecified atom stereocenters. The Hall–Kier alpha value is -2.34. The number of anilines is 2. The summed E-state index contributed by atoms with van der Waals surface area (Å²) in [6.07, 6.45) is 1.20. The molecule has 0 radical (unpaired) electrons. The largest absolute Gasteiger partial charge is 0.365 e. The van der Waals surface area contributed by atoms with Crippen LogP contribution in [0.2, 0.25) is 0 Å². The summed E-state index contributed by atoms with van der Waals surface area (Å²) in [6.45, 7) is 2.02. The first-order valence-electron chi connectivity index (χ1n) is 7.58. The van der Waals surface area contributed by atoms with Crippen LogP contribution < -0.4 is 10.2 Å². The second kappa shape index (κ2) is 7.49. The standard InChI is InChI=1S/C18H22N2O3S/c1-14-15(13-24(3,22)23)8-7-11-17(14)19-18(21)12-20(2)16-9-5-4-6-10-16/h4-11H,12-13H2,1-3H3,(H,19,21). The lowest BCUT2D eigenvalue weighted by molar-refractivity contribution is -0.114. The van der Waals surface area contributed by atoms with Crippen molar-refractivity contribution in [2.24, 2.45) is 0 Å². The van der Waals surface area contributed by atoms with Crippen molar-refractivity contribution >= 4 is 27.1 Å². The fourth-order valence-electron chi connectivity index (χ4n) is 2.44. The van der Waals surface area contributed by atoms with Gasteiger partial charge in [0.15, 0.2) is 9.84 Å². The molecule has 0 aliphatic heterocycles. The molecule has 2 aromatic carbocycles. The van der Waals surface area contributed by atoms with Gasteiger partial charge in [0.1, 0.15) is 0 Å². The molecule has 0 spiro atoms. The van der Waals surface area contributed by atoms with Gasteiger partial charge >= 0.3 is 0 Å². The highest BCUT2D eigenvalue weighted by molar-refractivity contribution is 7.89. The molecule has 0 heterocycles. The molecule has 2 rings (SSSR count). The number of hydrogen-bond donors (Lipinski definition) is 1. The number of sulfone groups is 1. The molecule has 2 aromatic rings. The lowest BCUT2D eigenvalue weighted by atomic mass is 10.1. The first-order valence-corrected chi connectivity index (χ1v) is 9.64. The molecule has 128 valence electrons. The Morgan fingerprint density at radius 1 is 1.08 bits per heavy atom. The molecular formula is C18H22N2O3S. The van der Waals surface area contributed by atoms with Crippen LogP contribution in [0.3, 0.4) is 0 Å². The van der Waals surface area contributed by atoms with E-state index in [2.05, 4.69) is 5.32 Å². The SMILES string of the molecule is Cc1c(CS(C)(=O)=O)cccc1NC(=O)CN(C)c1ccccc1. The van der Waals surface area contributed by atoms with Gasteiger partial charge in [-0.3, -0.25) is 4.79 Å². The molecule has 0 aromatic heterocycles. The highest BCUT2D eigenvalue weighted by atomic mass is 32.2. The third-order valence-corrected chi connectivity index (χ3v) is 4.55. The third kappa shape index (κ3) is 5.09.